The molecule has 1 rings (SSSR count). The van der Waals surface area contributed by atoms with Crippen LogP contribution in [0.5, 0.6) is 0 Å². The van der Waals surface area contributed by atoms with E-state index in [-0.39, 0.29) is 23.1 Å². The van der Waals surface area contributed by atoms with E-state index in [4.69, 9.17) is 0 Å². The summed E-state index contributed by atoms with van der Waals surface area (Å²) in [6.45, 7) is 0.778. The summed E-state index contributed by atoms with van der Waals surface area (Å²) in [6.07, 6.45) is 3.32. The zero-order valence-corrected chi connectivity index (χ0v) is 2.76. The molecule has 2 nitrogen and oxygen atoms in total. The van der Waals surface area contributed by atoms with Crippen LogP contribution >= 0.6 is 0 Å². The van der Waals surface area contributed by atoms with E-state index < -0.39 is 0 Å². The van der Waals surface area contributed by atoms with Crippen molar-refractivity contribution in [3.05, 3.63) is 0 Å². The van der Waals surface area contributed by atoms with Crippen LogP contribution in [-0.4, -0.2) is 42.2 Å². The molecule has 0 saturated heterocycles. The van der Waals surface area contributed by atoms with Crippen LogP contribution in [0.2, 0.25) is 0 Å². The van der Waals surface area contributed by atoms with Gasteiger partial charge in [-0.3, -0.25) is 4.99 Å². The molecule has 0 radical (unpaired) electrons. The normalized spacial score (nSPS) is 14.7. The number of rotatable bonds is 0. The van der Waals surface area contributed by atoms with Crippen molar-refractivity contribution in [3.63, 3.8) is 0 Å². The Labute approximate surface area is 52.5 Å². The first kappa shape index (κ1) is 6.11. The first-order chi connectivity index (χ1) is 2.50. The minimum atomic E-state index is 0. The van der Waals surface area contributed by atoms with Crippen LogP contribution in [0.3, 0.4) is 0 Å². The van der Waals surface area contributed by atoms with Crippen molar-refractivity contribution in [2.45, 2.75) is 0 Å². The minimum Gasteiger partial charge on any atom is -0.268 e. The van der Waals surface area contributed by atoms with Gasteiger partial charge in [0.2, 0.25) is 0 Å². The van der Waals surface area contributed by atoms with Crippen molar-refractivity contribution < 1.29 is 0 Å². The van der Waals surface area contributed by atoms with Crippen LogP contribution in [0.25, 0.3) is 0 Å². The third kappa shape index (κ3) is 1.52. The average molecular weight is 94.4 g/mol. The topological polar surface area (TPSA) is 24.7 Å². The molecule has 0 unspecified atom stereocenters. The molecule has 0 aromatic heterocycles. The first-order valence-corrected chi connectivity index (χ1v) is 1.50. The Morgan fingerprint density at radius 1 is 1.50 bits per heavy atom. The van der Waals surface area contributed by atoms with Gasteiger partial charge >= 0.3 is 23.1 Å². The maximum atomic E-state index is 3.74. The molecular weight excluding hydrogens is 88.4 g/mol. The van der Waals surface area contributed by atoms with E-state index in [0.29, 0.717) is 0 Å². The van der Waals surface area contributed by atoms with Gasteiger partial charge < -0.3 is 0 Å². The predicted octanol–water partition coefficient (Wildman–Crippen LogP) is -0.817. The third-order valence-electron chi connectivity index (χ3n) is 0.441. The molecule has 0 saturated carbocycles. The van der Waals surface area contributed by atoms with Gasteiger partial charge in [-0.05, 0) is 0 Å². The minimum absolute atomic E-state index is 0. The molecule has 0 fully saturated rings. The van der Waals surface area contributed by atoms with Crippen LogP contribution in [-0.2, 0) is 0 Å². The summed E-state index contributed by atoms with van der Waals surface area (Å²) in [5, 5.41) is 0. The molecule has 0 spiro atoms. The van der Waals surface area contributed by atoms with Crippen molar-refractivity contribution in [1.82, 2.24) is 0 Å². The molecule has 0 aromatic carbocycles. The Hall–Kier alpha value is 0.106. The van der Waals surface area contributed by atoms with Gasteiger partial charge in [-0.25, -0.2) is 4.99 Å². The van der Waals surface area contributed by atoms with Gasteiger partial charge in [0, 0.05) is 6.21 Å². The van der Waals surface area contributed by atoms with E-state index in [0.717, 1.165) is 6.54 Å². The summed E-state index contributed by atoms with van der Waals surface area (Å²) in [7, 11) is 0. The molecule has 3 heteroatoms. The number of nitrogens with zero attached hydrogens (tertiary/aromatic N) is 2. The molecule has 30 valence electrons. The van der Waals surface area contributed by atoms with E-state index >= 15 is 0 Å². The lowest BCUT2D eigenvalue weighted by molar-refractivity contribution is 1.38. The maximum absolute atomic E-state index is 3.74. The smallest absolute Gasteiger partial charge is 0.268 e. The molecule has 6 heavy (non-hydrogen) atoms. The van der Waals surface area contributed by atoms with Crippen molar-refractivity contribution in [2.75, 3.05) is 6.54 Å². The zero-order chi connectivity index (χ0) is 3.54. The van der Waals surface area contributed by atoms with Crippen molar-refractivity contribution in [3.8, 4) is 0 Å². The molecule has 0 amide bonds. The fraction of sp³-hybridized carbons (Fsp3) is 0.333. The van der Waals surface area contributed by atoms with E-state index in [2.05, 4.69) is 9.98 Å². The van der Waals surface area contributed by atoms with Crippen LogP contribution in [0.1, 0.15) is 0 Å². The second-order valence-electron chi connectivity index (χ2n) is 0.812. The SMILES string of the molecule is C1=NC=NC1.[MgH2]. The van der Waals surface area contributed by atoms with Gasteiger partial charge in [0.15, 0.2) is 0 Å². The summed E-state index contributed by atoms with van der Waals surface area (Å²) in [5.41, 5.74) is 0. The standard InChI is InChI=1S/C3H4N2.Mg.2H/c1-2-5-3-4-1;;;/h1,3H,2H2;;;. The highest BCUT2D eigenvalue weighted by Crippen LogP contribution is 1.71. The molecule has 1 aliphatic heterocycles. The van der Waals surface area contributed by atoms with Gasteiger partial charge in [0.05, 0.1) is 6.54 Å². The maximum Gasteiger partial charge on any atom is 0.316 e. The molecule has 1 heterocycles. The van der Waals surface area contributed by atoms with Crippen molar-refractivity contribution in [1.29, 1.82) is 0 Å². The highest BCUT2D eigenvalue weighted by atomic mass is 24.3. The molecule has 0 aliphatic carbocycles. The quantitative estimate of drug-likeness (QED) is 0.351. The fourth-order valence-electron chi connectivity index (χ4n) is 0.236. The Morgan fingerprint density at radius 3 is 2.50 bits per heavy atom. The van der Waals surface area contributed by atoms with Crippen molar-refractivity contribution >= 4 is 35.6 Å². The number of hydrogen-bond donors (Lipinski definition) is 0. The Bertz CT molecular complexity index is 66.9. The summed E-state index contributed by atoms with van der Waals surface area (Å²) >= 11 is 0. The molecular formula is C3H6MgN2. The Morgan fingerprint density at radius 2 is 2.33 bits per heavy atom. The zero-order valence-electron chi connectivity index (χ0n) is 2.76. The van der Waals surface area contributed by atoms with Crippen LogP contribution < -0.4 is 0 Å². The molecule has 0 atom stereocenters. The van der Waals surface area contributed by atoms with Gasteiger partial charge in [0.25, 0.3) is 0 Å². The monoisotopic (exact) mass is 94.0 g/mol. The van der Waals surface area contributed by atoms with Crippen LogP contribution in [0.4, 0.5) is 0 Å². The van der Waals surface area contributed by atoms with E-state index in [1.54, 1.807) is 12.6 Å². The molecule has 0 bridgehead atoms. The summed E-state index contributed by atoms with van der Waals surface area (Å²) in [6, 6.07) is 0. The Balaban J connectivity index is 0.000000250. The fourth-order valence-corrected chi connectivity index (χ4v) is 0.236. The summed E-state index contributed by atoms with van der Waals surface area (Å²) < 4.78 is 0. The van der Waals surface area contributed by atoms with E-state index in [1.165, 1.54) is 0 Å². The average Bonchev–Trinajstić information content (AvgIpc) is 1.76. The molecule has 0 N–H and O–H groups in total. The van der Waals surface area contributed by atoms with E-state index in [9.17, 15) is 0 Å². The third-order valence-corrected chi connectivity index (χ3v) is 0.441. The summed E-state index contributed by atoms with van der Waals surface area (Å²) in [5.74, 6) is 0. The molecule has 1 aliphatic rings. The Kier molecular flexibility index (Phi) is 3.36. The van der Waals surface area contributed by atoms with Crippen LogP contribution in [0.15, 0.2) is 9.98 Å². The van der Waals surface area contributed by atoms with Gasteiger partial charge in [0.1, 0.15) is 6.34 Å². The van der Waals surface area contributed by atoms with Gasteiger partial charge in [-0.1, -0.05) is 0 Å². The second-order valence-corrected chi connectivity index (χ2v) is 0.812. The highest BCUT2D eigenvalue weighted by molar-refractivity contribution is 5.79. The first-order valence-electron chi connectivity index (χ1n) is 1.50. The lowest BCUT2D eigenvalue weighted by Crippen LogP contribution is -1.65. The molecule has 0 aromatic rings. The highest BCUT2D eigenvalue weighted by Gasteiger charge is 1.73. The largest absolute Gasteiger partial charge is 0.316 e. The van der Waals surface area contributed by atoms with Gasteiger partial charge in [-0.15, -0.1) is 0 Å². The second kappa shape index (κ2) is 3.30. The predicted molar refractivity (Wildman–Crippen MR) is 30.4 cm³/mol. The number of hydrogen-bond acceptors (Lipinski definition) is 2. The lowest BCUT2D eigenvalue weighted by Gasteiger charge is -1.56. The number of aliphatic imine (C=N–C) groups is 2. The van der Waals surface area contributed by atoms with Crippen molar-refractivity contribution in [2.24, 2.45) is 9.98 Å². The van der Waals surface area contributed by atoms with Crippen LogP contribution in [0, 0.1) is 0 Å². The lowest BCUT2D eigenvalue weighted by atomic mass is 10.8. The summed E-state index contributed by atoms with van der Waals surface area (Å²) in [4.78, 5) is 7.40. The van der Waals surface area contributed by atoms with E-state index in [1.807, 2.05) is 0 Å². The van der Waals surface area contributed by atoms with Gasteiger partial charge in [-0.2, -0.15) is 0 Å².